The molecule has 1 amide bonds. The van der Waals surface area contributed by atoms with Crippen LogP contribution in [0.5, 0.6) is 5.75 Å². The molecule has 0 aliphatic rings. The van der Waals surface area contributed by atoms with Crippen molar-refractivity contribution in [3.8, 4) is 11.8 Å². The van der Waals surface area contributed by atoms with Crippen LogP contribution in [0.4, 0.5) is 17.2 Å². The number of aromatic nitrogens is 2. The molecule has 0 saturated heterocycles. The van der Waals surface area contributed by atoms with Crippen molar-refractivity contribution < 1.29 is 9.53 Å². The van der Waals surface area contributed by atoms with E-state index in [9.17, 15) is 4.79 Å². The smallest absolute Gasteiger partial charge is 0.275 e. The van der Waals surface area contributed by atoms with Crippen LogP contribution in [-0.2, 0) is 0 Å². The summed E-state index contributed by atoms with van der Waals surface area (Å²) in [6.07, 6.45) is 2.84. The lowest BCUT2D eigenvalue weighted by atomic mass is 10.2. The fourth-order valence-electron chi connectivity index (χ4n) is 2.26. The summed E-state index contributed by atoms with van der Waals surface area (Å²) in [6.45, 7) is 0. The van der Waals surface area contributed by atoms with Crippen molar-refractivity contribution in [1.82, 2.24) is 9.97 Å². The molecule has 0 aliphatic heterocycles. The first-order valence-electron chi connectivity index (χ1n) is 7.73. The van der Waals surface area contributed by atoms with Crippen molar-refractivity contribution in [3.63, 3.8) is 0 Å². The number of ether oxygens (including phenoxy) is 1. The number of carbonyl (C=O) groups is 1. The van der Waals surface area contributed by atoms with Crippen molar-refractivity contribution in [2.75, 3.05) is 17.7 Å². The predicted octanol–water partition coefficient (Wildman–Crippen LogP) is 3.35. The van der Waals surface area contributed by atoms with Crippen LogP contribution in [-0.4, -0.2) is 23.0 Å². The lowest BCUT2D eigenvalue weighted by Crippen LogP contribution is -2.14. The van der Waals surface area contributed by atoms with Crippen LogP contribution in [0.3, 0.4) is 0 Å². The van der Waals surface area contributed by atoms with Crippen LogP contribution < -0.4 is 15.4 Å². The molecule has 0 spiro atoms. The highest BCUT2D eigenvalue weighted by Gasteiger charge is 2.10. The molecule has 0 radical (unpaired) electrons. The van der Waals surface area contributed by atoms with E-state index in [1.54, 1.807) is 31.4 Å². The van der Waals surface area contributed by atoms with Gasteiger partial charge in [-0.2, -0.15) is 5.26 Å². The van der Waals surface area contributed by atoms with E-state index in [1.807, 2.05) is 30.3 Å². The molecule has 26 heavy (non-hydrogen) atoms. The minimum atomic E-state index is -0.406. The van der Waals surface area contributed by atoms with E-state index in [0.29, 0.717) is 22.8 Å². The van der Waals surface area contributed by atoms with Gasteiger partial charge in [-0.3, -0.25) is 4.79 Å². The molecule has 0 aliphatic carbocycles. The minimum absolute atomic E-state index is 0.165. The number of anilines is 3. The maximum Gasteiger partial charge on any atom is 0.275 e. The van der Waals surface area contributed by atoms with Crippen molar-refractivity contribution in [3.05, 3.63) is 72.2 Å². The highest BCUT2D eigenvalue weighted by molar-refractivity contribution is 6.02. The molecule has 0 bridgehead atoms. The van der Waals surface area contributed by atoms with Gasteiger partial charge in [0.2, 0.25) is 0 Å². The van der Waals surface area contributed by atoms with E-state index < -0.39 is 5.91 Å². The third-order valence-corrected chi connectivity index (χ3v) is 3.50. The fraction of sp³-hybridized carbons (Fsp3) is 0.0526. The molecule has 0 atom stereocenters. The molecule has 2 aromatic carbocycles. The quantitative estimate of drug-likeness (QED) is 0.735. The maximum absolute atomic E-state index is 12.2. The number of hydrogen-bond acceptors (Lipinski definition) is 6. The Kier molecular flexibility index (Phi) is 5.05. The number of benzene rings is 2. The van der Waals surface area contributed by atoms with Crippen molar-refractivity contribution >= 4 is 23.1 Å². The monoisotopic (exact) mass is 345 g/mol. The second-order valence-electron chi connectivity index (χ2n) is 5.26. The average Bonchev–Trinajstić information content (AvgIpc) is 2.69. The minimum Gasteiger partial charge on any atom is -0.495 e. The van der Waals surface area contributed by atoms with Gasteiger partial charge in [0, 0.05) is 5.69 Å². The van der Waals surface area contributed by atoms with Crippen LogP contribution in [0.2, 0.25) is 0 Å². The normalized spacial score (nSPS) is 9.85. The summed E-state index contributed by atoms with van der Waals surface area (Å²) in [5.41, 5.74) is 1.89. The van der Waals surface area contributed by atoms with Gasteiger partial charge in [0.25, 0.3) is 5.91 Å². The number of hydrogen-bond donors (Lipinski definition) is 2. The van der Waals surface area contributed by atoms with Crippen LogP contribution in [0.1, 0.15) is 16.1 Å². The number of para-hydroxylation sites is 2. The van der Waals surface area contributed by atoms with Gasteiger partial charge in [-0.1, -0.05) is 18.2 Å². The number of nitrogens with one attached hydrogen (secondary N) is 2. The molecule has 7 nitrogen and oxygen atoms in total. The van der Waals surface area contributed by atoms with Gasteiger partial charge in [0.15, 0.2) is 0 Å². The van der Waals surface area contributed by atoms with Gasteiger partial charge in [0.1, 0.15) is 17.3 Å². The van der Waals surface area contributed by atoms with Crippen LogP contribution in [0.15, 0.2) is 60.9 Å². The number of nitrogens with zero attached hydrogens (tertiary/aromatic N) is 3. The first kappa shape index (κ1) is 16.9. The summed E-state index contributed by atoms with van der Waals surface area (Å²) in [5.74, 6) is 0.752. The Labute approximate surface area is 150 Å². The van der Waals surface area contributed by atoms with Crippen LogP contribution in [0.25, 0.3) is 0 Å². The molecule has 2 N–H and O–H groups in total. The van der Waals surface area contributed by atoms with Gasteiger partial charge in [0.05, 0.1) is 36.8 Å². The van der Waals surface area contributed by atoms with Crippen molar-refractivity contribution in [2.24, 2.45) is 0 Å². The average molecular weight is 345 g/mol. The number of rotatable bonds is 5. The van der Waals surface area contributed by atoms with Gasteiger partial charge in [-0.05, 0) is 30.3 Å². The highest BCUT2D eigenvalue weighted by Crippen LogP contribution is 2.25. The number of carbonyl (C=O) groups excluding carboxylic acids is 1. The summed E-state index contributed by atoms with van der Waals surface area (Å²) in [4.78, 5) is 20.6. The van der Waals surface area contributed by atoms with Gasteiger partial charge < -0.3 is 15.4 Å². The Balaban J connectivity index is 1.70. The SMILES string of the molecule is COc1ccccc1Nc1cnc(C(=O)Nc2cccc(C#N)c2)cn1. The molecule has 128 valence electrons. The third-order valence-electron chi connectivity index (χ3n) is 3.50. The Morgan fingerprint density at radius 3 is 2.69 bits per heavy atom. The zero-order chi connectivity index (χ0) is 18.4. The number of amides is 1. The Morgan fingerprint density at radius 2 is 1.96 bits per heavy atom. The number of nitriles is 1. The molecule has 3 aromatic rings. The van der Waals surface area contributed by atoms with E-state index >= 15 is 0 Å². The summed E-state index contributed by atoms with van der Waals surface area (Å²) < 4.78 is 5.27. The summed E-state index contributed by atoms with van der Waals surface area (Å²) >= 11 is 0. The Hall–Kier alpha value is -3.92. The Morgan fingerprint density at radius 1 is 1.12 bits per heavy atom. The van der Waals surface area contributed by atoms with E-state index in [4.69, 9.17) is 10.00 Å². The first-order chi connectivity index (χ1) is 12.7. The fourth-order valence-corrected chi connectivity index (χ4v) is 2.26. The lowest BCUT2D eigenvalue weighted by molar-refractivity contribution is 0.102. The molecule has 7 heteroatoms. The second-order valence-corrected chi connectivity index (χ2v) is 5.26. The summed E-state index contributed by atoms with van der Waals surface area (Å²) in [6, 6.07) is 16.1. The van der Waals surface area contributed by atoms with E-state index in [-0.39, 0.29) is 5.69 Å². The van der Waals surface area contributed by atoms with E-state index in [1.165, 1.54) is 12.4 Å². The number of methoxy groups -OCH3 is 1. The molecule has 3 rings (SSSR count). The molecule has 1 aromatic heterocycles. The second kappa shape index (κ2) is 7.77. The zero-order valence-electron chi connectivity index (χ0n) is 13.9. The zero-order valence-corrected chi connectivity index (χ0v) is 13.9. The standard InChI is InChI=1S/C19H15N5O2/c1-26-17-8-3-2-7-15(17)24-18-12-21-16(11-22-18)19(25)23-14-6-4-5-13(9-14)10-20/h2-9,11-12H,1H3,(H,22,24)(H,23,25). The third kappa shape index (κ3) is 3.94. The van der Waals surface area contributed by atoms with Gasteiger partial charge in [-0.15, -0.1) is 0 Å². The molecule has 0 fully saturated rings. The summed E-state index contributed by atoms with van der Waals surface area (Å²) in [7, 11) is 1.58. The van der Waals surface area contributed by atoms with Crippen LogP contribution in [0, 0.1) is 11.3 Å². The van der Waals surface area contributed by atoms with Crippen LogP contribution >= 0.6 is 0 Å². The largest absolute Gasteiger partial charge is 0.495 e. The predicted molar refractivity (Wildman–Crippen MR) is 97.4 cm³/mol. The molecule has 0 unspecified atom stereocenters. The van der Waals surface area contributed by atoms with E-state index in [0.717, 1.165) is 5.69 Å². The van der Waals surface area contributed by atoms with Crippen molar-refractivity contribution in [1.29, 1.82) is 5.26 Å². The van der Waals surface area contributed by atoms with Gasteiger partial charge in [-0.25, -0.2) is 9.97 Å². The molecule has 0 saturated carbocycles. The lowest BCUT2D eigenvalue weighted by Gasteiger charge is -2.10. The summed E-state index contributed by atoms with van der Waals surface area (Å²) in [5, 5.41) is 14.7. The Bertz CT molecular complexity index is 964. The molecule has 1 heterocycles. The topological polar surface area (TPSA) is 99.9 Å². The van der Waals surface area contributed by atoms with E-state index in [2.05, 4.69) is 20.6 Å². The molecular formula is C19H15N5O2. The first-order valence-corrected chi connectivity index (χ1v) is 7.73. The maximum atomic E-state index is 12.2. The van der Waals surface area contributed by atoms with Gasteiger partial charge >= 0.3 is 0 Å². The molecular weight excluding hydrogens is 330 g/mol. The highest BCUT2D eigenvalue weighted by atomic mass is 16.5. The van der Waals surface area contributed by atoms with Crippen molar-refractivity contribution in [2.45, 2.75) is 0 Å².